The maximum Gasteiger partial charge on any atom is 0.313 e. The first-order valence-electron chi connectivity index (χ1n) is 6.86. The number of nitrogens with one attached hydrogen (secondary N) is 1. The molecule has 1 fully saturated rings. The van der Waals surface area contributed by atoms with Crippen molar-refractivity contribution in [2.75, 3.05) is 31.6 Å². The zero-order valence-corrected chi connectivity index (χ0v) is 11.9. The minimum Gasteiger partial charge on any atom is -0.378 e. The van der Waals surface area contributed by atoms with Gasteiger partial charge in [0.15, 0.2) is 0 Å². The summed E-state index contributed by atoms with van der Waals surface area (Å²) in [5.74, 6) is -0.653. The van der Waals surface area contributed by atoms with Crippen molar-refractivity contribution in [3.63, 3.8) is 0 Å². The predicted molar refractivity (Wildman–Crippen MR) is 76.6 cm³/mol. The monoisotopic (exact) mass is 276 g/mol. The van der Waals surface area contributed by atoms with Crippen molar-refractivity contribution in [2.24, 2.45) is 0 Å². The van der Waals surface area contributed by atoms with Gasteiger partial charge in [0.1, 0.15) is 0 Å². The molecule has 0 spiro atoms. The maximum atomic E-state index is 11.9. The van der Waals surface area contributed by atoms with Gasteiger partial charge >= 0.3 is 11.8 Å². The van der Waals surface area contributed by atoms with E-state index in [1.54, 1.807) is 0 Å². The summed E-state index contributed by atoms with van der Waals surface area (Å²) in [6, 6.07) is 7.55. The number of nitrogens with zero attached hydrogens (tertiary/aromatic N) is 1. The highest BCUT2D eigenvalue weighted by atomic mass is 16.5. The van der Waals surface area contributed by atoms with Crippen molar-refractivity contribution >= 4 is 17.5 Å². The number of benzene rings is 1. The maximum absolute atomic E-state index is 11.9. The summed E-state index contributed by atoms with van der Waals surface area (Å²) in [4.78, 5) is 25.3. The lowest BCUT2D eigenvalue weighted by Gasteiger charge is -2.26. The molecular weight excluding hydrogens is 256 g/mol. The number of rotatable bonds is 2. The zero-order valence-electron chi connectivity index (χ0n) is 11.9. The van der Waals surface area contributed by atoms with Gasteiger partial charge in [0, 0.05) is 18.8 Å². The first-order chi connectivity index (χ1) is 9.58. The largest absolute Gasteiger partial charge is 0.378 e. The molecule has 0 atom stereocenters. The van der Waals surface area contributed by atoms with E-state index in [2.05, 4.69) is 19.2 Å². The van der Waals surface area contributed by atoms with Gasteiger partial charge in [-0.3, -0.25) is 9.59 Å². The molecule has 1 aromatic carbocycles. The summed E-state index contributed by atoms with van der Waals surface area (Å²) in [6.45, 7) is 6.13. The second kappa shape index (κ2) is 6.52. The van der Waals surface area contributed by atoms with Gasteiger partial charge in [0.05, 0.1) is 13.2 Å². The molecule has 108 valence electrons. The normalized spacial score (nSPS) is 15.2. The molecule has 1 heterocycles. The molecule has 0 aromatic heterocycles. The summed E-state index contributed by atoms with van der Waals surface area (Å²) >= 11 is 0. The van der Waals surface area contributed by atoms with E-state index >= 15 is 0 Å². The smallest absolute Gasteiger partial charge is 0.313 e. The molecule has 5 heteroatoms. The lowest BCUT2D eigenvalue weighted by atomic mass is 10.0. The number of carbonyl (C=O) groups is 2. The van der Waals surface area contributed by atoms with Crippen molar-refractivity contribution in [1.82, 2.24) is 4.90 Å². The Morgan fingerprint density at radius 3 is 2.30 bits per heavy atom. The molecule has 1 aliphatic heterocycles. The molecule has 5 nitrogen and oxygen atoms in total. The Balaban J connectivity index is 1.94. The number of morpholine rings is 1. The van der Waals surface area contributed by atoms with Gasteiger partial charge in [-0.25, -0.2) is 0 Å². The second-order valence-electron chi connectivity index (χ2n) is 5.14. The highest BCUT2D eigenvalue weighted by Crippen LogP contribution is 2.17. The van der Waals surface area contributed by atoms with Crippen LogP contribution in [0.3, 0.4) is 0 Å². The third kappa shape index (κ3) is 3.57. The van der Waals surface area contributed by atoms with Crippen LogP contribution in [0, 0.1) is 0 Å². The molecule has 1 aromatic rings. The van der Waals surface area contributed by atoms with Crippen LogP contribution in [-0.2, 0) is 14.3 Å². The SMILES string of the molecule is CC(C)c1ccc(NC(=O)C(=O)N2CCOCC2)cc1. The predicted octanol–water partition coefficient (Wildman–Crippen LogP) is 1.61. The van der Waals surface area contributed by atoms with E-state index in [9.17, 15) is 9.59 Å². The van der Waals surface area contributed by atoms with E-state index in [0.717, 1.165) is 0 Å². The topological polar surface area (TPSA) is 58.6 Å². The molecule has 1 aliphatic rings. The standard InChI is InChI=1S/C15H20N2O3/c1-11(2)12-3-5-13(6-4-12)16-14(18)15(19)17-7-9-20-10-8-17/h3-6,11H,7-10H2,1-2H3,(H,16,18). The Bertz CT molecular complexity index is 476. The van der Waals surface area contributed by atoms with Crippen molar-refractivity contribution in [3.8, 4) is 0 Å². The molecule has 1 saturated heterocycles. The van der Waals surface area contributed by atoms with Crippen molar-refractivity contribution in [3.05, 3.63) is 29.8 Å². The van der Waals surface area contributed by atoms with Crippen LogP contribution in [0.4, 0.5) is 5.69 Å². The molecule has 2 rings (SSSR count). The third-order valence-electron chi connectivity index (χ3n) is 3.33. The van der Waals surface area contributed by atoms with Crippen LogP contribution in [0.2, 0.25) is 0 Å². The molecule has 2 amide bonds. The van der Waals surface area contributed by atoms with Gasteiger partial charge in [-0.1, -0.05) is 26.0 Å². The fraction of sp³-hybridized carbons (Fsp3) is 0.467. The number of hydrogen-bond acceptors (Lipinski definition) is 3. The van der Waals surface area contributed by atoms with Gasteiger partial charge in [0.2, 0.25) is 0 Å². The Morgan fingerprint density at radius 1 is 1.15 bits per heavy atom. The van der Waals surface area contributed by atoms with E-state index in [0.29, 0.717) is 37.9 Å². The van der Waals surface area contributed by atoms with Crippen LogP contribution in [0.15, 0.2) is 24.3 Å². The van der Waals surface area contributed by atoms with E-state index in [1.807, 2.05) is 24.3 Å². The summed E-state index contributed by atoms with van der Waals surface area (Å²) in [5.41, 5.74) is 1.84. The molecule has 0 unspecified atom stereocenters. The van der Waals surface area contributed by atoms with Crippen LogP contribution in [0.5, 0.6) is 0 Å². The second-order valence-corrected chi connectivity index (χ2v) is 5.14. The van der Waals surface area contributed by atoms with Crippen LogP contribution in [-0.4, -0.2) is 43.0 Å². The molecule has 20 heavy (non-hydrogen) atoms. The first-order valence-corrected chi connectivity index (χ1v) is 6.86. The van der Waals surface area contributed by atoms with Crippen molar-refractivity contribution < 1.29 is 14.3 Å². The third-order valence-corrected chi connectivity index (χ3v) is 3.33. The van der Waals surface area contributed by atoms with Crippen LogP contribution in [0.25, 0.3) is 0 Å². The number of amides is 2. The fourth-order valence-corrected chi connectivity index (χ4v) is 2.05. The first kappa shape index (κ1) is 14.5. The Kier molecular flexibility index (Phi) is 4.74. The highest BCUT2D eigenvalue weighted by Gasteiger charge is 2.23. The summed E-state index contributed by atoms with van der Waals surface area (Å²) in [7, 11) is 0. The van der Waals surface area contributed by atoms with Crippen molar-refractivity contribution in [2.45, 2.75) is 19.8 Å². The minimum absolute atomic E-state index is 0.440. The number of anilines is 1. The van der Waals surface area contributed by atoms with Gasteiger partial charge in [0.25, 0.3) is 0 Å². The fourth-order valence-electron chi connectivity index (χ4n) is 2.05. The highest BCUT2D eigenvalue weighted by molar-refractivity contribution is 6.39. The average Bonchev–Trinajstić information content (AvgIpc) is 2.48. The zero-order chi connectivity index (χ0) is 14.5. The van der Waals surface area contributed by atoms with Crippen LogP contribution < -0.4 is 5.32 Å². The molecule has 1 N–H and O–H groups in total. The summed E-state index contributed by atoms with van der Waals surface area (Å²) in [5, 5.41) is 2.63. The summed E-state index contributed by atoms with van der Waals surface area (Å²) < 4.78 is 5.16. The molecular formula is C15H20N2O3. The minimum atomic E-state index is -0.593. The molecule has 0 radical (unpaired) electrons. The average molecular weight is 276 g/mol. The molecule has 0 aliphatic carbocycles. The van der Waals surface area contributed by atoms with Gasteiger partial charge < -0.3 is 15.0 Å². The van der Waals surface area contributed by atoms with Crippen LogP contribution in [0.1, 0.15) is 25.3 Å². The Labute approximate surface area is 118 Å². The molecule has 0 saturated carbocycles. The van der Waals surface area contributed by atoms with E-state index in [4.69, 9.17) is 4.74 Å². The van der Waals surface area contributed by atoms with Crippen LogP contribution >= 0.6 is 0 Å². The number of ether oxygens (including phenoxy) is 1. The molecule has 0 bridgehead atoms. The van der Waals surface area contributed by atoms with E-state index in [-0.39, 0.29) is 0 Å². The van der Waals surface area contributed by atoms with Gasteiger partial charge in [-0.2, -0.15) is 0 Å². The van der Waals surface area contributed by atoms with E-state index in [1.165, 1.54) is 10.5 Å². The van der Waals surface area contributed by atoms with E-state index < -0.39 is 11.8 Å². The van der Waals surface area contributed by atoms with Gasteiger partial charge in [-0.15, -0.1) is 0 Å². The lowest BCUT2D eigenvalue weighted by molar-refractivity contribution is -0.145. The van der Waals surface area contributed by atoms with Gasteiger partial charge in [-0.05, 0) is 23.6 Å². The lowest BCUT2D eigenvalue weighted by Crippen LogP contribution is -2.45. The van der Waals surface area contributed by atoms with Crippen molar-refractivity contribution in [1.29, 1.82) is 0 Å². The number of carbonyl (C=O) groups excluding carboxylic acids is 2. The Hall–Kier alpha value is -1.88. The summed E-state index contributed by atoms with van der Waals surface area (Å²) in [6.07, 6.45) is 0. The Morgan fingerprint density at radius 2 is 1.75 bits per heavy atom. The number of hydrogen-bond donors (Lipinski definition) is 1. The quantitative estimate of drug-likeness (QED) is 0.835.